The number of amides is 4. The van der Waals surface area contributed by atoms with Crippen molar-refractivity contribution in [3.63, 3.8) is 0 Å². The van der Waals surface area contributed by atoms with Gasteiger partial charge in [0.15, 0.2) is 0 Å². The zero-order chi connectivity index (χ0) is 43.3. The van der Waals surface area contributed by atoms with Gasteiger partial charge in [-0.15, -0.1) is 0 Å². The molecule has 4 amide bonds. The van der Waals surface area contributed by atoms with Crippen LogP contribution in [0, 0.1) is 0 Å². The summed E-state index contributed by atoms with van der Waals surface area (Å²) >= 11 is -4.86. The molecule has 4 N–H and O–H groups in total. The number of hydrogen-bond donors (Lipinski definition) is 4. The van der Waals surface area contributed by atoms with Crippen molar-refractivity contribution in [3.05, 3.63) is 170 Å². The fourth-order valence-corrected chi connectivity index (χ4v) is 35.9. The molecule has 14 heteroatoms. The van der Waals surface area contributed by atoms with Crippen molar-refractivity contribution in [2.45, 2.75) is 47.3 Å². The van der Waals surface area contributed by atoms with Crippen molar-refractivity contribution in [2.24, 2.45) is 0 Å². The van der Waals surface area contributed by atoms with E-state index in [1.807, 2.05) is 132 Å². The molecule has 0 atom stereocenters. The summed E-state index contributed by atoms with van der Waals surface area (Å²) in [5.74, 6) is -0.846. The molecule has 0 aromatic heterocycles. The Hall–Kier alpha value is -4.02. The van der Waals surface area contributed by atoms with Gasteiger partial charge in [-0.2, -0.15) is 0 Å². The fraction of sp³-hybridized carbons (Fsp3) is 0.0870. The summed E-state index contributed by atoms with van der Waals surface area (Å²) in [5, 5.41) is 11.5. The van der Waals surface area contributed by atoms with Gasteiger partial charge in [0.25, 0.3) is 0 Å². The molecule has 0 spiro atoms. The summed E-state index contributed by atoms with van der Waals surface area (Å²) in [7, 11) is 7.57. The van der Waals surface area contributed by atoms with Crippen molar-refractivity contribution < 1.29 is 19.2 Å². The van der Waals surface area contributed by atoms with Crippen molar-refractivity contribution in [2.75, 3.05) is 21.3 Å². The van der Waals surface area contributed by atoms with Crippen LogP contribution in [0.2, 0.25) is 0 Å². The first-order valence-electron chi connectivity index (χ1n) is 18.3. The minimum absolute atomic E-state index is 0.211. The molecule has 0 fully saturated rings. The Kier molecular flexibility index (Phi) is 17.8. The van der Waals surface area contributed by atoms with Crippen molar-refractivity contribution >= 4 is 124 Å². The second-order valence-electron chi connectivity index (χ2n) is 13.4. The normalized spacial score (nSPS) is 10.8. The van der Waals surface area contributed by atoms with Gasteiger partial charge in [-0.3, -0.25) is 0 Å². The number of hydrogen-bond acceptors (Lipinski definition) is 8. The number of anilines is 4. The molecule has 0 bridgehead atoms. The second kappa shape index (κ2) is 22.7. The first-order valence-corrected chi connectivity index (χ1v) is 36.5. The Morgan fingerprint density at radius 1 is 0.350 bits per heavy atom. The molecule has 5 rings (SSSR count). The van der Waals surface area contributed by atoms with E-state index in [1.54, 1.807) is 27.7 Å². The van der Waals surface area contributed by atoms with Crippen LogP contribution < -0.4 is 28.3 Å². The Labute approximate surface area is 377 Å². The number of benzene rings is 5. The molecule has 0 aliphatic rings. The van der Waals surface area contributed by atoms with Crippen LogP contribution in [0.15, 0.2) is 190 Å². The molecule has 8 nitrogen and oxygen atoms in total. The van der Waals surface area contributed by atoms with E-state index in [-0.39, 0.29) is 23.6 Å². The van der Waals surface area contributed by atoms with Crippen LogP contribution in [0.3, 0.4) is 0 Å². The van der Waals surface area contributed by atoms with Gasteiger partial charge in [0, 0.05) is 0 Å². The first kappa shape index (κ1) is 47.0. The van der Waals surface area contributed by atoms with Crippen LogP contribution in [0.25, 0.3) is 0 Å². The molecule has 60 heavy (non-hydrogen) atoms. The topological polar surface area (TPSA) is 116 Å². The molecule has 0 radical (unpaired) electrons. The third-order valence-corrected chi connectivity index (χ3v) is 39.3. The Morgan fingerprint density at radius 2 is 0.533 bits per heavy atom. The van der Waals surface area contributed by atoms with E-state index in [0.717, 1.165) is 19.6 Å². The summed E-state index contributed by atoms with van der Waals surface area (Å²) in [4.78, 5) is 53.4. The van der Waals surface area contributed by atoms with Crippen LogP contribution in [0.5, 0.6) is 0 Å². The van der Waals surface area contributed by atoms with Gasteiger partial charge < -0.3 is 0 Å². The van der Waals surface area contributed by atoms with Gasteiger partial charge in [0.2, 0.25) is 0 Å². The summed E-state index contributed by atoms with van der Waals surface area (Å²) in [6, 6.07) is 40.9. The zero-order valence-electron chi connectivity index (χ0n) is 33.5. The van der Waals surface area contributed by atoms with Gasteiger partial charge in [0.1, 0.15) is 0 Å². The molecule has 306 valence electrons. The predicted octanol–water partition coefficient (Wildman–Crippen LogP) is 10.3. The van der Waals surface area contributed by atoms with E-state index in [2.05, 4.69) is 71.8 Å². The van der Waals surface area contributed by atoms with E-state index >= 15 is 0 Å². The van der Waals surface area contributed by atoms with Crippen LogP contribution in [0.1, 0.15) is 27.7 Å². The van der Waals surface area contributed by atoms with E-state index in [9.17, 15) is 19.2 Å². The minimum atomic E-state index is -2.43. The quantitative estimate of drug-likeness (QED) is 0.0507. The van der Waals surface area contributed by atoms with Crippen molar-refractivity contribution in [3.8, 4) is 0 Å². The van der Waals surface area contributed by atoms with Gasteiger partial charge in [0.05, 0.1) is 0 Å². The standard InChI is InChI=1S/4C10H11NOS.C6H4.2Sb/c4*1-7(2)10(12)11-8-3-5-9(13)6-4-8;1-2-4-6-5-3-1;;/h4*3-6,13H,1H2,2H3,(H,11,12);1-2,5-6H;;/q;;;;;2*+2/p-4. The first-order chi connectivity index (χ1) is 28.6. The van der Waals surface area contributed by atoms with E-state index in [1.165, 1.54) is 7.02 Å². The number of rotatable bonds is 18. The third kappa shape index (κ3) is 14.6. The molecule has 5 aromatic carbocycles. The molecule has 0 aliphatic carbocycles. The molecule has 0 aliphatic heterocycles. The maximum atomic E-state index is 12.2. The Bertz CT molecular complexity index is 2090. The van der Waals surface area contributed by atoms with Gasteiger partial charge in [-0.25, -0.2) is 0 Å². The molecule has 0 unspecified atom stereocenters. The average molecular weight is 1090 g/mol. The molecule has 0 heterocycles. The fourth-order valence-electron chi connectivity index (χ4n) is 4.67. The predicted molar refractivity (Wildman–Crippen MR) is 260 cm³/mol. The van der Waals surface area contributed by atoms with Gasteiger partial charge in [-0.05, 0) is 0 Å². The Balaban J connectivity index is 1.42. The Morgan fingerprint density at radius 3 is 0.700 bits per heavy atom. The average Bonchev–Trinajstić information content (AvgIpc) is 3.23. The van der Waals surface area contributed by atoms with Crippen LogP contribution in [-0.4, -0.2) is 58.4 Å². The van der Waals surface area contributed by atoms with Crippen LogP contribution in [-0.2, 0) is 19.2 Å². The number of nitrogens with one attached hydrogen (secondary N) is 4. The number of carbonyl (C=O) groups excluding carboxylic acids is 4. The monoisotopic (exact) mass is 1090 g/mol. The summed E-state index contributed by atoms with van der Waals surface area (Å²) in [5.41, 5.74) is 4.63. The molecular weight excluding hydrogens is 1040 g/mol. The summed E-state index contributed by atoms with van der Waals surface area (Å²) in [6.07, 6.45) is 0. The second-order valence-corrected chi connectivity index (χ2v) is 41.1. The molecule has 5 aromatic rings. The third-order valence-electron chi connectivity index (χ3n) is 8.02. The zero-order valence-corrected chi connectivity index (χ0v) is 41.9. The molecule has 0 saturated heterocycles. The van der Waals surface area contributed by atoms with Crippen LogP contribution >= 0.6 is 35.4 Å². The van der Waals surface area contributed by atoms with Crippen LogP contribution in [0.4, 0.5) is 22.7 Å². The molecule has 0 saturated carbocycles. The number of carbonyl (C=O) groups is 4. The van der Waals surface area contributed by atoms with Crippen molar-refractivity contribution in [1.82, 2.24) is 0 Å². The van der Waals surface area contributed by atoms with E-state index in [0.29, 0.717) is 45.0 Å². The van der Waals surface area contributed by atoms with Gasteiger partial charge >= 0.3 is 381 Å². The van der Waals surface area contributed by atoms with Gasteiger partial charge in [-0.1, -0.05) is 0 Å². The SMILES string of the molecule is C=C(C)C(=O)Nc1ccc([S][Sb]([S]c2ccc(NC(=O)C(=C)C)cc2)[c]2cc[c]([Sb]([S]c3ccc(NC(=O)C(=C)C)cc3)[S]c3ccc(NC(=O)C(=C)C)cc3)cc2)cc1. The van der Waals surface area contributed by atoms with E-state index < -0.39 is 34.8 Å². The molecular formula is C46H44N4O4S4Sb2. The summed E-state index contributed by atoms with van der Waals surface area (Å²) in [6.45, 7) is 21.7. The van der Waals surface area contributed by atoms with E-state index in [4.69, 9.17) is 0 Å². The maximum absolute atomic E-state index is 12.2. The van der Waals surface area contributed by atoms with Crippen molar-refractivity contribution in [1.29, 1.82) is 0 Å². The summed E-state index contributed by atoms with van der Waals surface area (Å²) < 4.78 is 2.61.